The second-order valence-corrected chi connectivity index (χ2v) is 11.5. The van der Waals surface area contributed by atoms with Gasteiger partial charge in [0, 0.05) is 18.3 Å². The molecule has 1 saturated carbocycles. The molecule has 2 unspecified atom stereocenters. The van der Waals surface area contributed by atoms with Gasteiger partial charge in [-0.05, 0) is 63.0 Å². The first-order valence-electron chi connectivity index (χ1n) is 12.8. The highest BCUT2D eigenvalue weighted by Gasteiger charge is 2.34. The molecule has 1 aliphatic rings. The maximum Gasteiger partial charge on any atom is 0.459 e. The molecule has 0 bridgehead atoms. The first-order chi connectivity index (χ1) is 17.6. The Labute approximate surface area is 217 Å². The Morgan fingerprint density at radius 2 is 1.95 bits per heavy atom. The highest BCUT2D eigenvalue weighted by atomic mass is 31.2. The van der Waals surface area contributed by atoms with Crippen LogP contribution in [0.1, 0.15) is 51.5 Å². The minimum atomic E-state index is -3.85. The largest absolute Gasteiger partial charge is 0.468 e. The number of hydrogen-bond donors (Lipinski definition) is 2. The highest BCUT2D eigenvalue weighted by molar-refractivity contribution is 7.52. The maximum atomic E-state index is 13.5. The van der Waals surface area contributed by atoms with E-state index < -0.39 is 19.8 Å². The summed E-state index contributed by atoms with van der Waals surface area (Å²) < 4.78 is 31.2. The van der Waals surface area contributed by atoms with Crippen LogP contribution in [0.3, 0.4) is 0 Å². The van der Waals surface area contributed by atoms with Gasteiger partial charge in [0.05, 0.1) is 13.7 Å². The summed E-state index contributed by atoms with van der Waals surface area (Å²) >= 11 is 0. The summed E-state index contributed by atoms with van der Waals surface area (Å²) in [6.07, 6.45) is 6.41. The molecule has 37 heavy (non-hydrogen) atoms. The van der Waals surface area contributed by atoms with Gasteiger partial charge in [0.25, 0.3) is 5.56 Å². The number of aromatic amines is 1. The molecular weight excluding hydrogens is 497 g/mol. The number of carbonyl (C=O) groups is 1. The Hall–Kier alpha value is -2.68. The van der Waals surface area contributed by atoms with Gasteiger partial charge in [-0.3, -0.25) is 19.1 Å². The molecular formula is C26H38N3O7P. The number of rotatable bonds is 13. The van der Waals surface area contributed by atoms with Crippen LogP contribution in [0.5, 0.6) is 5.75 Å². The van der Waals surface area contributed by atoms with E-state index in [0.29, 0.717) is 42.0 Å². The zero-order chi connectivity index (χ0) is 27.0. The fraction of sp³-hybridized carbons (Fsp3) is 0.577. The van der Waals surface area contributed by atoms with E-state index in [0.717, 1.165) is 25.7 Å². The van der Waals surface area contributed by atoms with Crippen molar-refractivity contribution >= 4 is 13.7 Å². The van der Waals surface area contributed by atoms with Crippen LogP contribution in [-0.4, -0.2) is 35.3 Å². The van der Waals surface area contributed by atoms with E-state index in [1.807, 2.05) is 6.07 Å². The molecule has 2 N–H and O–H groups in total. The highest BCUT2D eigenvalue weighted by Crippen LogP contribution is 2.46. The minimum absolute atomic E-state index is 0.188. The Morgan fingerprint density at radius 1 is 1.22 bits per heavy atom. The summed E-state index contributed by atoms with van der Waals surface area (Å²) in [5.74, 6) is 0.981. The van der Waals surface area contributed by atoms with Gasteiger partial charge < -0.3 is 13.8 Å². The van der Waals surface area contributed by atoms with Gasteiger partial charge in [0.2, 0.25) is 0 Å². The van der Waals surface area contributed by atoms with Crippen LogP contribution in [0.15, 0.2) is 46.1 Å². The third-order valence-corrected chi connectivity index (χ3v) is 8.77. The van der Waals surface area contributed by atoms with E-state index in [-0.39, 0.29) is 17.9 Å². The third kappa shape index (κ3) is 8.15. The summed E-state index contributed by atoms with van der Waals surface area (Å²) in [5, 5.41) is 2.68. The zero-order valence-electron chi connectivity index (χ0n) is 22.0. The minimum Gasteiger partial charge on any atom is -0.468 e. The number of carbonyl (C=O) groups excluding carboxylic acids is 1. The van der Waals surface area contributed by atoms with Crippen molar-refractivity contribution in [3.05, 3.63) is 62.9 Å². The lowest BCUT2D eigenvalue weighted by molar-refractivity contribution is -0.142. The van der Waals surface area contributed by atoms with E-state index >= 15 is 0 Å². The predicted molar refractivity (Wildman–Crippen MR) is 141 cm³/mol. The van der Waals surface area contributed by atoms with Crippen LogP contribution < -0.4 is 20.9 Å². The van der Waals surface area contributed by atoms with Crippen molar-refractivity contribution in [2.24, 2.45) is 17.8 Å². The van der Waals surface area contributed by atoms with E-state index in [1.54, 1.807) is 42.0 Å². The predicted octanol–water partition coefficient (Wildman–Crippen LogP) is 4.03. The SMILES string of the molecule is COC(=O)[C@H](C)NP(=O)(OCC[C@H](C)C1CCC[C@@H]1CCn1cc(C)c(=O)[nH]c1=O)Oc1ccccc1. The van der Waals surface area contributed by atoms with Gasteiger partial charge >= 0.3 is 19.4 Å². The number of H-pyrrole nitrogens is 1. The maximum absolute atomic E-state index is 13.5. The number of nitrogens with zero attached hydrogens (tertiary/aromatic N) is 1. The van der Waals surface area contributed by atoms with Gasteiger partial charge in [0.1, 0.15) is 11.8 Å². The van der Waals surface area contributed by atoms with E-state index in [9.17, 15) is 18.9 Å². The molecule has 0 aliphatic heterocycles. The molecule has 1 aromatic carbocycles. The molecule has 204 valence electrons. The fourth-order valence-corrected chi connectivity index (χ4v) is 6.52. The summed E-state index contributed by atoms with van der Waals surface area (Å²) in [5.41, 5.74) is -0.211. The number of methoxy groups -OCH3 is 1. The number of esters is 1. The van der Waals surface area contributed by atoms with Crippen LogP contribution in [-0.2, 0) is 25.2 Å². The molecule has 1 aliphatic carbocycles. The molecule has 1 fully saturated rings. The molecule has 5 atom stereocenters. The average Bonchev–Trinajstić information content (AvgIpc) is 3.34. The molecule has 0 saturated heterocycles. The van der Waals surface area contributed by atoms with Gasteiger partial charge in [-0.1, -0.05) is 38.0 Å². The number of nitrogens with one attached hydrogen (secondary N) is 2. The monoisotopic (exact) mass is 535 g/mol. The van der Waals surface area contributed by atoms with Crippen LogP contribution in [0.4, 0.5) is 0 Å². The quantitative estimate of drug-likeness (QED) is 0.291. The number of para-hydroxylation sites is 1. The Morgan fingerprint density at radius 3 is 2.65 bits per heavy atom. The number of aryl methyl sites for hydroxylation is 2. The molecule has 11 heteroatoms. The number of aromatic nitrogens is 2. The lowest BCUT2D eigenvalue weighted by Gasteiger charge is -2.27. The zero-order valence-corrected chi connectivity index (χ0v) is 22.9. The second-order valence-electron chi connectivity index (χ2n) is 9.78. The van der Waals surface area contributed by atoms with Crippen molar-refractivity contribution in [1.82, 2.24) is 14.6 Å². The van der Waals surface area contributed by atoms with Gasteiger partial charge in [-0.2, -0.15) is 5.09 Å². The summed E-state index contributed by atoms with van der Waals surface area (Å²) in [4.78, 5) is 38.0. The molecule has 1 heterocycles. The number of hydrogen-bond acceptors (Lipinski definition) is 7. The van der Waals surface area contributed by atoms with Crippen LogP contribution >= 0.6 is 7.75 Å². The van der Waals surface area contributed by atoms with Crippen LogP contribution in [0.2, 0.25) is 0 Å². The van der Waals surface area contributed by atoms with Gasteiger partial charge in [0.15, 0.2) is 0 Å². The first kappa shape index (κ1) is 28.9. The normalized spacial score (nSPS) is 20.6. The molecule has 0 amide bonds. The van der Waals surface area contributed by atoms with Gasteiger partial charge in [-0.25, -0.2) is 9.36 Å². The van der Waals surface area contributed by atoms with Gasteiger partial charge in [-0.15, -0.1) is 0 Å². The number of ether oxygens (including phenoxy) is 1. The Kier molecular flexibility index (Phi) is 10.3. The standard InChI is InChI=1S/C26H38N3O7P/c1-18(23-12-8-9-21(23)13-15-29-17-19(2)24(30)27-26(29)32)14-16-35-37(33,28-20(3)25(31)34-4)36-22-10-6-5-7-11-22/h5-7,10-11,17-18,20-21,23H,8-9,12-16H2,1-4H3,(H,28,33)(H,27,30,32)/t18-,20-,21+,23?,37?/m0/s1. The molecule has 0 radical (unpaired) electrons. The molecule has 10 nitrogen and oxygen atoms in total. The average molecular weight is 536 g/mol. The fourth-order valence-electron chi connectivity index (χ4n) is 5.01. The number of benzene rings is 1. The molecule has 0 spiro atoms. The second kappa shape index (κ2) is 13.2. The molecule has 1 aromatic heterocycles. The van der Waals surface area contributed by atoms with Crippen LogP contribution in [0.25, 0.3) is 0 Å². The summed E-state index contributed by atoms with van der Waals surface area (Å²) in [7, 11) is -2.59. The topological polar surface area (TPSA) is 129 Å². The van der Waals surface area contributed by atoms with Crippen molar-refractivity contribution in [2.45, 2.75) is 65.5 Å². The summed E-state index contributed by atoms with van der Waals surface area (Å²) in [6.45, 7) is 6.13. The van der Waals surface area contributed by atoms with Crippen LogP contribution in [0, 0.1) is 24.7 Å². The van der Waals surface area contributed by atoms with Crippen molar-refractivity contribution in [2.75, 3.05) is 13.7 Å². The molecule has 2 aromatic rings. The van der Waals surface area contributed by atoms with E-state index in [1.165, 1.54) is 14.0 Å². The third-order valence-electron chi connectivity index (χ3n) is 7.09. The Bertz CT molecular complexity index is 1200. The summed E-state index contributed by atoms with van der Waals surface area (Å²) in [6, 6.07) is 7.79. The van der Waals surface area contributed by atoms with Crippen molar-refractivity contribution < 1.29 is 23.1 Å². The van der Waals surface area contributed by atoms with Crippen molar-refractivity contribution in [3.63, 3.8) is 0 Å². The lowest BCUT2D eigenvalue weighted by atomic mass is 9.82. The smallest absolute Gasteiger partial charge is 0.459 e. The Balaban J connectivity index is 1.58. The first-order valence-corrected chi connectivity index (χ1v) is 14.3. The van der Waals surface area contributed by atoms with E-state index in [2.05, 4.69) is 17.0 Å². The lowest BCUT2D eigenvalue weighted by Crippen LogP contribution is -2.34. The van der Waals surface area contributed by atoms with Crippen molar-refractivity contribution in [3.8, 4) is 5.75 Å². The van der Waals surface area contributed by atoms with E-state index in [4.69, 9.17) is 13.8 Å². The molecule has 3 rings (SSSR count). The van der Waals surface area contributed by atoms with Crippen molar-refractivity contribution in [1.29, 1.82) is 0 Å².